The van der Waals surface area contributed by atoms with Gasteiger partial charge in [0.25, 0.3) is 11.8 Å². The third-order valence-corrected chi connectivity index (χ3v) is 3.89. The topological polar surface area (TPSA) is 125 Å². The van der Waals surface area contributed by atoms with E-state index in [1.807, 2.05) is 0 Å². The molecule has 0 atom stereocenters. The number of carbonyl (C=O) groups excluding carboxylic acids is 3. The number of esters is 1. The number of nitrogens with zero attached hydrogens (tertiary/aromatic N) is 1. The number of fused-ring (bicyclic) bond motifs is 1. The van der Waals surface area contributed by atoms with Gasteiger partial charge in [-0.1, -0.05) is 12.1 Å². The van der Waals surface area contributed by atoms with Gasteiger partial charge in [0.05, 0.1) is 19.9 Å². The Morgan fingerprint density at radius 1 is 1.13 bits per heavy atom. The van der Waals surface area contributed by atoms with Crippen LogP contribution in [0, 0.1) is 0 Å². The van der Waals surface area contributed by atoms with E-state index in [1.54, 1.807) is 42.5 Å². The van der Waals surface area contributed by atoms with Crippen molar-refractivity contribution in [2.24, 2.45) is 5.10 Å². The maximum absolute atomic E-state index is 12.1. The van der Waals surface area contributed by atoms with Crippen molar-refractivity contribution in [1.82, 2.24) is 10.7 Å². The molecule has 0 aliphatic carbocycles. The lowest BCUT2D eigenvalue weighted by atomic mass is 10.2. The van der Waals surface area contributed by atoms with E-state index in [0.29, 0.717) is 28.4 Å². The van der Waals surface area contributed by atoms with Gasteiger partial charge in [0.15, 0.2) is 18.1 Å². The van der Waals surface area contributed by atoms with Gasteiger partial charge in [-0.05, 0) is 35.9 Å². The number of hydrazone groups is 1. The highest BCUT2D eigenvalue weighted by atomic mass is 16.7. The van der Waals surface area contributed by atoms with Crippen molar-refractivity contribution in [3.05, 3.63) is 53.6 Å². The Hall–Kier alpha value is -4.08. The molecular weight excluding hydrogens is 394 g/mol. The third kappa shape index (κ3) is 5.71. The standard InChI is InChI=1S/C20H19N3O7/c1-27-19(25)11-28-15-4-2-3-13(7-15)9-22-23-18(24)10-21-20(26)14-5-6-16-17(8-14)30-12-29-16/h2-9H,10-12H2,1H3,(H,21,26)(H,23,24)/b22-9+. The zero-order valence-electron chi connectivity index (χ0n) is 16.0. The molecule has 0 fully saturated rings. The molecule has 2 aromatic rings. The fraction of sp³-hybridized carbons (Fsp3) is 0.200. The summed E-state index contributed by atoms with van der Waals surface area (Å²) in [5, 5.41) is 6.33. The van der Waals surface area contributed by atoms with Crippen LogP contribution in [-0.4, -0.2) is 51.1 Å². The Morgan fingerprint density at radius 2 is 1.97 bits per heavy atom. The first kappa shape index (κ1) is 20.6. The molecule has 10 heteroatoms. The average Bonchev–Trinajstić information content (AvgIpc) is 3.24. The highest BCUT2D eigenvalue weighted by Crippen LogP contribution is 2.32. The monoisotopic (exact) mass is 413 g/mol. The molecule has 1 aliphatic rings. The molecule has 0 unspecified atom stereocenters. The van der Waals surface area contributed by atoms with Crippen LogP contribution in [0.1, 0.15) is 15.9 Å². The summed E-state index contributed by atoms with van der Waals surface area (Å²) in [5.74, 6) is 0.0741. The van der Waals surface area contributed by atoms with Gasteiger partial charge in [-0.25, -0.2) is 10.2 Å². The average molecular weight is 413 g/mol. The van der Waals surface area contributed by atoms with E-state index in [1.165, 1.54) is 13.3 Å². The molecule has 0 aromatic heterocycles. The molecule has 0 saturated carbocycles. The highest BCUT2D eigenvalue weighted by Gasteiger charge is 2.16. The summed E-state index contributed by atoms with van der Waals surface area (Å²) in [5.41, 5.74) is 3.30. The van der Waals surface area contributed by atoms with E-state index in [0.717, 1.165) is 0 Å². The van der Waals surface area contributed by atoms with Crippen LogP contribution in [0.5, 0.6) is 17.2 Å². The van der Waals surface area contributed by atoms with Crippen LogP contribution < -0.4 is 25.0 Å². The van der Waals surface area contributed by atoms with E-state index in [-0.39, 0.29) is 19.9 Å². The Labute approximate surface area is 171 Å². The smallest absolute Gasteiger partial charge is 0.343 e. The van der Waals surface area contributed by atoms with Gasteiger partial charge < -0.3 is 24.3 Å². The SMILES string of the molecule is COC(=O)COc1cccc(/C=N/NC(=O)CNC(=O)c2ccc3c(c2)OCO3)c1. The van der Waals surface area contributed by atoms with Crippen LogP contribution in [0.4, 0.5) is 0 Å². The molecule has 0 spiro atoms. The molecule has 1 heterocycles. The molecule has 30 heavy (non-hydrogen) atoms. The number of methoxy groups -OCH3 is 1. The van der Waals surface area contributed by atoms with E-state index < -0.39 is 17.8 Å². The predicted octanol–water partition coefficient (Wildman–Crippen LogP) is 0.847. The molecule has 0 bridgehead atoms. The second-order valence-corrected chi connectivity index (χ2v) is 5.98. The molecule has 10 nitrogen and oxygen atoms in total. The first-order valence-corrected chi connectivity index (χ1v) is 8.84. The number of hydrogen-bond acceptors (Lipinski definition) is 8. The maximum Gasteiger partial charge on any atom is 0.343 e. The number of rotatable bonds is 8. The van der Waals surface area contributed by atoms with Crippen molar-refractivity contribution in [3.8, 4) is 17.2 Å². The van der Waals surface area contributed by atoms with Crippen LogP contribution in [0.15, 0.2) is 47.6 Å². The predicted molar refractivity (Wildman–Crippen MR) is 105 cm³/mol. The lowest BCUT2D eigenvalue weighted by Crippen LogP contribution is -2.34. The second-order valence-electron chi connectivity index (χ2n) is 5.98. The molecule has 3 rings (SSSR count). The van der Waals surface area contributed by atoms with Gasteiger partial charge in [-0.2, -0.15) is 5.10 Å². The minimum atomic E-state index is -0.501. The molecule has 0 radical (unpaired) electrons. The molecule has 0 saturated heterocycles. The fourth-order valence-corrected chi connectivity index (χ4v) is 2.40. The van der Waals surface area contributed by atoms with E-state index in [9.17, 15) is 14.4 Å². The largest absolute Gasteiger partial charge is 0.482 e. The van der Waals surface area contributed by atoms with Crippen molar-refractivity contribution in [1.29, 1.82) is 0 Å². The first-order chi connectivity index (χ1) is 14.5. The van der Waals surface area contributed by atoms with E-state index >= 15 is 0 Å². The van der Waals surface area contributed by atoms with Crippen molar-refractivity contribution >= 4 is 24.0 Å². The van der Waals surface area contributed by atoms with Crippen LogP contribution in [0.3, 0.4) is 0 Å². The molecular formula is C20H19N3O7. The number of ether oxygens (including phenoxy) is 4. The van der Waals surface area contributed by atoms with Crippen LogP contribution >= 0.6 is 0 Å². The normalized spacial score (nSPS) is 11.8. The van der Waals surface area contributed by atoms with Crippen molar-refractivity contribution in [3.63, 3.8) is 0 Å². The van der Waals surface area contributed by atoms with Crippen LogP contribution in [0.2, 0.25) is 0 Å². The number of amides is 2. The quantitative estimate of drug-likeness (QED) is 0.373. The molecule has 2 N–H and O–H groups in total. The maximum atomic E-state index is 12.1. The van der Waals surface area contributed by atoms with Gasteiger partial charge in [-0.15, -0.1) is 0 Å². The fourth-order valence-electron chi connectivity index (χ4n) is 2.40. The zero-order chi connectivity index (χ0) is 21.3. The Balaban J connectivity index is 1.44. The van der Waals surface area contributed by atoms with Crippen LogP contribution in [0.25, 0.3) is 0 Å². The van der Waals surface area contributed by atoms with Gasteiger partial charge in [0, 0.05) is 5.56 Å². The summed E-state index contributed by atoms with van der Waals surface area (Å²) in [6, 6.07) is 11.5. The molecule has 156 valence electrons. The van der Waals surface area contributed by atoms with Crippen molar-refractivity contribution < 1.29 is 33.3 Å². The Bertz CT molecular complexity index is 975. The third-order valence-electron chi connectivity index (χ3n) is 3.89. The lowest BCUT2D eigenvalue weighted by Gasteiger charge is -2.06. The minimum Gasteiger partial charge on any atom is -0.482 e. The number of benzene rings is 2. The molecule has 1 aliphatic heterocycles. The number of carbonyl (C=O) groups is 3. The molecule has 2 aromatic carbocycles. The van der Waals surface area contributed by atoms with Gasteiger partial charge in [-0.3, -0.25) is 9.59 Å². The summed E-state index contributed by atoms with van der Waals surface area (Å²) in [6.07, 6.45) is 1.41. The van der Waals surface area contributed by atoms with Crippen LogP contribution in [-0.2, 0) is 14.3 Å². The highest BCUT2D eigenvalue weighted by molar-refractivity contribution is 5.97. The second kappa shape index (κ2) is 9.92. The van der Waals surface area contributed by atoms with E-state index in [4.69, 9.17) is 14.2 Å². The van der Waals surface area contributed by atoms with Gasteiger partial charge in [0.2, 0.25) is 6.79 Å². The summed E-state index contributed by atoms with van der Waals surface area (Å²) < 4.78 is 20.2. The minimum absolute atomic E-state index is 0.112. The summed E-state index contributed by atoms with van der Waals surface area (Å²) in [4.78, 5) is 35.1. The Kier molecular flexibility index (Phi) is 6.83. The number of nitrogens with one attached hydrogen (secondary N) is 2. The number of hydrogen-bond donors (Lipinski definition) is 2. The van der Waals surface area contributed by atoms with Crippen molar-refractivity contribution in [2.75, 3.05) is 27.1 Å². The first-order valence-electron chi connectivity index (χ1n) is 8.84. The zero-order valence-corrected chi connectivity index (χ0v) is 16.0. The lowest BCUT2D eigenvalue weighted by molar-refractivity contribution is -0.142. The van der Waals surface area contributed by atoms with Crippen molar-refractivity contribution in [2.45, 2.75) is 0 Å². The van der Waals surface area contributed by atoms with Gasteiger partial charge in [0.1, 0.15) is 5.75 Å². The van der Waals surface area contributed by atoms with Gasteiger partial charge >= 0.3 is 5.97 Å². The molecule has 2 amide bonds. The summed E-state index contributed by atoms with van der Waals surface area (Å²) in [7, 11) is 1.27. The Morgan fingerprint density at radius 3 is 2.80 bits per heavy atom. The summed E-state index contributed by atoms with van der Waals surface area (Å²) >= 11 is 0. The summed E-state index contributed by atoms with van der Waals surface area (Å²) in [6.45, 7) is -0.356. The van der Waals surface area contributed by atoms with E-state index in [2.05, 4.69) is 20.6 Å².